The topological polar surface area (TPSA) is 70.4 Å². The van der Waals surface area contributed by atoms with Gasteiger partial charge in [0.05, 0.1) is 18.1 Å². The predicted molar refractivity (Wildman–Crippen MR) is 70.1 cm³/mol. The summed E-state index contributed by atoms with van der Waals surface area (Å²) in [5, 5.41) is 9.08. The number of nitrogens with zero attached hydrogens (tertiary/aromatic N) is 2. The molecule has 0 amide bonds. The van der Waals surface area contributed by atoms with Crippen LogP contribution in [0, 0.1) is 11.3 Å². The number of hydrogen-bond donors (Lipinski definition) is 0. The van der Waals surface area contributed by atoms with Crippen molar-refractivity contribution >= 4 is 10.0 Å². The summed E-state index contributed by atoms with van der Waals surface area (Å²) in [5.74, 6) is 0.606. The zero-order valence-corrected chi connectivity index (χ0v) is 11.6. The lowest BCUT2D eigenvalue weighted by Crippen LogP contribution is -2.42. The molecule has 0 bridgehead atoms. The highest BCUT2D eigenvalue weighted by Gasteiger charge is 2.33. The van der Waals surface area contributed by atoms with E-state index in [0.717, 1.165) is 12.8 Å². The zero-order valence-electron chi connectivity index (χ0n) is 10.7. The average Bonchev–Trinajstić information content (AvgIpc) is 2.47. The fraction of sp³-hybridized carbons (Fsp3) is 0.462. The summed E-state index contributed by atoms with van der Waals surface area (Å²) in [4.78, 5) is 0.204. The average molecular weight is 280 g/mol. The Bertz CT molecular complexity index is 575. The summed E-state index contributed by atoms with van der Waals surface area (Å²) in [6, 6.07) is 7.76. The van der Waals surface area contributed by atoms with Gasteiger partial charge in [0.1, 0.15) is 11.8 Å². The summed E-state index contributed by atoms with van der Waals surface area (Å²) < 4.78 is 31.3. The Morgan fingerprint density at radius 3 is 2.58 bits per heavy atom. The van der Waals surface area contributed by atoms with Gasteiger partial charge in [0.15, 0.2) is 0 Å². The molecule has 1 aliphatic rings. The van der Waals surface area contributed by atoms with E-state index < -0.39 is 16.1 Å². The van der Waals surface area contributed by atoms with Gasteiger partial charge in [-0.2, -0.15) is 9.57 Å². The second-order valence-corrected chi connectivity index (χ2v) is 6.32. The van der Waals surface area contributed by atoms with Gasteiger partial charge in [0.2, 0.25) is 10.0 Å². The molecule has 1 atom stereocenters. The molecule has 0 saturated carbocycles. The third-order valence-electron chi connectivity index (χ3n) is 3.27. The number of piperidine rings is 1. The molecule has 1 unspecified atom stereocenters. The molecular formula is C13H16N2O3S. The van der Waals surface area contributed by atoms with Crippen molar-refractivity contribution in [1.29, 1.82) is 5.26 Å². The van der Waals surface area contributed by atoms with E-state index in [4.69, 9.17) is 10.00 Å². The maximum absolute atomic E-state index is 12.5. The molecule has 19 heavy (non-hydrogen) atoms. The standard InChI is InChI=1S/C13H16N2O3S/c1-18-12-5-7-13(8-6-12)19(16,17)15-9-3-2-4-11(15)10-14/h5-8,11H,2-4,9H2,1H3. The van der Waals surface area contributed by atoms with E-state index in [1.807, 2.05) is 0 Å². The predicted octanol–water partition coefficient (Wildman–Crippen LogP) is 1.76. The molecule has 0 radical (unpaired) electrons. The second-order valence-electron chi connectivity index (χ2n) is 4.43. The Hall–Kier alpha value is -1.58. The van der Waals surface area contributed by atoms with Gasteiger partial charge >= 0.3 is 0 Å². The molecule has 0 aromatic heterocycles. The van der Waals surface area contributed by atoms with Crippen molar-refractivity contribution in [3.05, 3.63) is 24.3 Å². The summed E-state index contributed by atoms with van der Waals surface area (Å²) in [5.41, 5.74) is 0. The van der Waals surface area contributed by atoms with Crippen molar-refractivity contribution in [1.82, 2.24) is 4.31 Å². The van der Waals surface area contributed by atoms with Gasteiger partial charge in [0.25, 0.3) is 0 Å². The van der Waals surface area contributed by atoms with Gasteiger partial charge in [-0.05, 0) is 43.5 Å². The maximum atomic E-state index is 12.5. The lowest BCUT2D eigenvalue weighted by Gasteiger charge is -2.30. The lowest BCUT2D eigenvalue weighted by molar-refractivity contribution is 0.297. The van der Waals surface area contributed by atoms with Crippen molar-refractivity contribution in [2.24, 2.45) is 0 Å². The molecule has 0 aliphatic carbocycles. The largest absolute Gasteiger partial charge is 0.497 e. The monoisotopic (exact) mass is 280 g/mol. The van der Waals surface area contributed by atoms with E-state index in [0.29, 0.717) is 18.7 Å². The van der Waals surface area contributed by atoms with Crippen LogP contribution >= 0.6 is 0 Å². The minimum Gasteiger partial charge on any atom is -0.497 e. The van der Waals surface area contributed by atoms with Gasteiger partial charge in [-0.15, -0.1) is 0 Å². The van der Waals surface area contributed by atoms with E-state index in [2.05, 4.69) is 6.07 Å². The van der Waals surface area contributed by atoms with E-state index in [-0.39, 0.29) is 4.90 Å². The van der Waals surface area contributed by atoms with Crippen molar-refractivity contribution in [2.45, 2.75) is 30.2 Å². The first kappa shape index (κ1) is 13.8. The van der Waals surface area contributed by atoms with Crippen LogP contribution in [0.25, 0.3) is 0 Å². The number of ether oxygens (including phenoxy) is 1. The van der Waals surface area contributed by atoms with Crippen molar-refractivity contribution in [3.63, 3.8) is 0 Å². The number of rotatable bonds is 3. The van der Waals surface area contributed by atoms with E-state index in [9.17, 15) is 8.42 Å². The normalized spacial score (nSPS) is 20.7. The van der Waals surface area contributed by atoms with Crippen LogP contribution in [0.1, 0.15) is 19.3 Å². The maximum Gasteiger partial charge on any atom is 0.244 e. The molecular weight excluding hydrogens is 264 g/mol. The smallest absolute Gasteiger partial charge is 0.244 e. The molecule has 2 rings (SSSR count). The minimum absolute atomic E-state index is 0.204. The third kappa shape index (κ3) is 2.72. The lowest BCUT2D eigenvalue weighted by atomic mass is 10.1. The summed E-state index contributed by atoms with van der Waals surface area (Å²) in [6.45, 7) is 0.409. The Labute approximate surface area is 113 Å². The van der Waals surface area contributed by atoms with Gasteiger partial charge in [0, 0.05) is 6.54 Å². The molecule has 0 spiro atoms. The van der Waals surface area contributed by atoms with Crippen molar-refractivity contribution in [3.8, 4) is 11.8 Å². The molecule has 1 aliphatic heterocycles. The quantitative estimate of drug-likeness (QED) is 0.846. The summed E-state index contributed by atoms with van der Waals surface area (Å²) >= 11 is 0. The minimum atomic E-state index is -3.59. The van der Waals surface area contributed by atoms with Crippen molar-refractivity contribution < 1.29 is 13.2 Å². The highest BCUT2D eigenvalue weighted by molar-refractivity contribution is 7.89. The number of hydrogen-bond acceptors (Lipinski definition) is 4. The van der Waals surface area contributed by atoms with Gasteiger partial charge in [-0.1, -0.05) is 0 Å². The molecule has 0 N–H and O–H groups in total. The van der Waals surface area contributed by atoms with E-state index in [1.54, 1.807) is 12.1 Å². The van der Waals surface area contributed by atoms with Crippen LogP contribution in [0.15, 0.2) is 29.2 Å². The molecule has 5 nitrogen and oxygen atoms in total. The van der Waals surface area contributed by atoms with Crippen LogP contribution in [-0.2, 0) is 10.0 Å². The zero-order chi connectivity index (χ0) is 13.9. The molecule has 1 aromatic carbocycles. The Balaban J connectivity index is 2.32. The third-order valence-corrected chi connectivity index (χ3v) is 5.19. The molecule has 1 fully saturated rings. The number of nitriles is 1. The fourth-order valence-electron chi connectivity index (χ4n) is 2.20. The van der Waals surface area contributed by atoms with Crippen LogP contribution in [0.3, 0.4) is 0 Å². The fourth-order valence-corrected chi connectivity index (χ4v) is 3.81. The van der Waals surface area contributed by atoms with E-state index in [1.165, 1.54) is 23.5 Å². The second kappa shape index (κ2) is 5.59. The first-order valence-corrected chi connectivity index (χ1v) is 7.59. The van der Waals surface area contributed by atoms with Gasteiger partial charge < -0.3 is 4.74 Å². The van der Waals surface area contributed by atoms with Crippen molar-refractivity contribution in [2.75, 3.05) is 13.7 Å². The molecule has 6 heteroatoms. The van der Waals surface area contributed by atoms with Gasteiger partial charge in [-0.3, -0.25) is 0 Å². The number of sulfonamides is 1. The van der Waals surface area contributed by atoms with Crippen LogP contribution in [0.2, 0.25) is 0 Å². The van der Waals surface area contributed by atoms with Crippen LogP contribution in [-0.4, -0.2) is 32.4 Å². The summed E-state index contributed by atoms with van der Waals surface area (Å²) in [7, 11) is -2.07. The SMILES string of the molecule is COc1ccc(S(=O)(=O)N2CCCCC2C#N)cc1. The first-order valence-electron chi connectivity index (χ1n) is 6.15. The summed E-state index contributed by atoms with van der Waals surface area (Å²) in [6.07, 6.45) is 2.30. The molecule has 102 valence electrons. The Morgan fingerprint density at radius 2 is 2.00 bits per heavy atom. The van der Waals surface area contributed by atoms with Crippen LogP contribution < -0.4 is 4.74 Å². The number of methoxy groups -OCH3 is 1. The Kier molecular flexibility index (Phi) is 4.08. The highest BCUT2D eigenvalue weighted by Crippen LogP contribution is 2.26. The van der Waals surface area contributed by atoms with Gasteiger partial charge in [-0.25, -0.2) is 8.42 Å². The van der Waals surface area contributed by atoms with E-state index >= 15 is 0 Å². The van der Waals surface area contributed by atoms with Crippen LogP contribution in [0.5, 0.6) is 5.75 Å². The molecule has 1 saturated heterocycles. The highest BCUT2D eigenvalue weighted by atomic mass is 32.2. The first-order chi connectivity index (χ1) is 9.09. The molecule has 1 aromatic rings. The molecule has 1 heterocycles. The van der Waals surface area contributed by atoms with Crippen LogP contribution in [0.4, 0.5) is 0 Å². The number of benzene rings is 1. The Morgan fingerprint density at radius 1 is 1.32 bits per heavy atom.